The van der Waals surface area contributed by atoms with Crippen molar-refractivity contribution in [1.82, 2.24) is 10.3 Å². The zero-order valence-electron chi connectivity index (χ0n) is 13.1. The molecular formula is C16H20ClN5O2. The predicted molar refractivity (Wildman–Crippen MR) is 91.9 cm³/mol. The number of nitrogens with one attached hydrogen (secondary N) is 3. The zero-order chi connectivity index (χ0) is 17.1. The molecule has 2 heterocycles. The van der Waals surface area contributed by atoms with Crippen LogP contribution in [0, 0.1) is 11.3 Å². The first kappa shape index (κ1) is 16.9. The highest BCUT2D eigenvalue weighted by Crippen LogP contribution is 2.34. The Morgan fingerprint density at radius 3 is 2.83 bits per heavy atom. The molecule has 1 aromatic rings. The normalized spacial score (nSPS) is 21.8. The fraction of sp³-hybridized carbons (Fsp3) is 0.438. The number of aromatic nitrogens is 1. The van der Waals surface area contributed by atoms with E-state index in [0.29, 0.717) is 18.8 Å². The lowest BCUT2D eigenvalue weighted by Gasteiger charge is -2.23. The number of hydrogen-bond acceptors (Lipinski definition) is 6. The van der Waals surface area contributed by atoms with E-state index in [1.807, 2.05) is 0 Å². The average Bonchev–Trinajstić information content (AvgIpc) is 3.46. The molecule has 128 valence electrons. The summed E-state index contributed by atoms with van der Waals surface area (Å²) in [6, 6.07) is 3.55. The maximum atomic E-state index is 12.2. The van der Waals surface area contributed by atoms with E-state index in [9.17, 15) is 4.79 Å². The van der Waals surface area contributed by atoms with E-state index in [4.69, 9.17) is 27.5 Å². The average molecular weight is 350 g/mol. The lowest BCUT2D eigenvalue weighted by Crippen LogP contribution is -2.33. The van der Waals surface area contributed by atoms with Gasteiger partial charge in [-0.2, -0.15) is 0 Å². The van der Waals surface area contributed by atoms with Crippen molar-refractivity contribution in [3.63, 3.8) is 0 Å². The molecule has 2 fully saturated rings. The number of ether oxygens (including phenoxy) is 1. The number of morpholine rings is 1. The van der Waals surface area contributed by atoms with E-state index >= 15 is 0 Å². The summed E-state index contributed by atoms with van der Waals surface area (Å²) in [5, 5.41) is 13.8. The van der Waals surface area contributed by atoms with Crippen molar-refractivity contribution in [2.24, 2.45) is 11.7 Å². The first-order valence-corrected chi connectivity index (χ1v) is 8.27. The van der Waals surface area contributed by atoms with Gasteiger partial charge in [0.2, 0.25) is 0 Å². The van der Waals surface area contributed by atoms with Gasteiger partial charge in [0.15, 0.2) is 0 Å². The molecule has 1 atom stereocenters. The van der Waals surface area contributed by atoms with Gasteiger partial charge in [-0.05, 0) is 25.0 Å². The Morgan fingerprint density at radius 1 is 1.46 bits per heavy atom. The summed E-state index contributed by atoms with van der Waals surface area (Å²) in [6.07, 6.45) is 3.32. The molecule has 24 heavy (non-hydrogen) atoms. The number of hydrogen-bond donors (Lipinski definition) is 4. The molecule has 0 bridgehead atoms. The van der Waals surface area contributed by atoms with Crippen molar-refractivity contribution in [2.45, 2.75) is 18.9 Å². The van der Waals surface area contributed by atoms with Crippen molar-refractivity contribution in [2.75, 3.05) is 25.0 Å². The number of nitrogens with zero attached hydrogens (tertiary/aromatic N) is 1. The van der Waals surface area contributed by atoms with Crippen LogP contribution in [0.25, 0.3) is 0 Å². The maximum Gasteiger partial charge on any atom is 0.273 e. The second-order valence-corrected chi connectivity index (χ2v) is 6.28. The second-order valence-electron chi connectivity index (χ2n) is 5.91. The topological polar surface area (TPSA) is 113 Å². The Kier molecular flexibility index (Phi) is 5.13. The molecule has 8 heteroatoms. The van der Waals surface area contributed by atoms with E-state index in [2.05, 4.69) is 15.6 Å². The van der Waals surface area contributed by atoms with Crippen molar-refractivity contribution in [3.8, 4) is 0 Å². The molecule has 1 aliphatic heterocycles. The van der Waals surface area contributed by atoms with Crippen molar-refractivity contribution in [1.29, 1.82) is 5.41 Å². The van der Waals surface area contributed by atoms with Crippen molar-refractivity contribution >= 4 is 28.9 Å². The molecule has 1 aliphatic carbocycles. The summed E-state index contributed by atoms with van der Waals surface area (Å²) >= 11 is 6.03. The Hall–Kier alpha value is -1.96. The van der Waals surface area contributed by atoms with E-state index in [0.717, 1.165) is 25.1 Å². The minimum atomic E-state index is -0.532. The third-order valence-corrected chi connectivity index (χ3v) is 4.41. The third-order valence-electron chi connectivity index (χ3n) is 4.00. The van der Waals surface area contributed by atoms with Crippen LogP contribution in [0.4, 0.5) is 5.69 Å². The summed E-state index contributed by atoms with van der Waals surface area (Å²) in [5.74, 6) is -0.399. The lowest BCUT2D eigenvalue weighted by atomic mass is 10.2. The Morgan fingerprint density at radius 2 is 2.25 bits per heavy atom. The maximum absolute atomic E-state index is 12.2. The van der Waals surface area contributed by atoms with Crippen LogP contribution in [0.1, 0.15) is 24.6 Å². The van der Waals surface area contributed by atoms with Crippen LogP contribution in [-0.2, 0) is 9.53 Å². The quantitative estimate of drug-likeness (QED) is 0.475. The number of anilines is 1. The van der Waals surface area contributed by atoms with Gasteiger partial charge in [-0.15, -0.1) is 0 Å². The van der Waals surface area contributed by atoms with E-state index in [1.54, 1.807) is 18.3 Å². The van der Waals surface area contributed by atoms with Gasteiger partial charge >= 0.3 is 0 Å². The van der Waals surface area contributed by atoms with Crippen LogP contribution < -0.4 is 16.4 Å². The monoisotopic (exact) mass is 349 g/mol. The van der Waals surface area contributed by atoms with Crippen LogP contribution >= 0.6 is 11.6 Å². The summed E-state index contributed by atoms with van der Waals surface area (Å²) in [6.45, 7) is 2.21. The minimum Gasteiger partial charge on any atom is -0.393 e. The molecule has 7 nitrogen and oxygen atoms in total. The smallest absolute Gasteiger partial charge is 0.273 e. The number of allylic oxidation sites excluding steroid dienone is 1. The van der Waals surface area contributed by atoms with Gasteiger partial charge < -0.3 is 26.5 Å². The van der Waals surface area contributed by atoms with Gasteiger partial charge in [-0.25, -0.2) is 0 Å². The SMILES string of the molecule is N=C(/C(Cl)=C(\N)C(=O)Nc1ccc(C2CNCCO2)nc1)C1CC1. The van der Waals surface area contributed by atoms with Gasteiger partial charge in [-0.1, -0.05) is 11.6 Å². The van der Waals surface area contributed by atoms with Gasteiger partial charge in [0.25, 0.3) is 5.91 Å². The van der Waals surface area contributed by atoms with E-state index in [1.165, 1.54) is 0 Å². The second kappa shape index (κ2) is 7.29. The molecule has 1 amide bonds. The molecule has 5 N–H and O–H groups in total. The summed E-state index contributed by atoms with van der Waals surface area (Å²) < 4.78 is 5.63. The number of nitrogens with two attached hydrogens (primary N) is 1. The molecule has 0 spiro atoms. The van der Waals surface area contributed by atoms with E-state index in [-0.39, 0.29) is 28.5 Å². The number of pyridine rings is 1. The fourth-order valence-corrected chi connectivity index (χ4v) is 2.66. The number of rotatable bonds is 5. The van der Waals surface area contributed by atoms with Gasteiger partial charge in [0, 0.05) is 19.0 Å². The summed E-state index contributed by atoms with van der Waals surface area (Å²) in [4.78, 5) is 16.5. The van der Waals surface area contributed by atoms with Crippen LogP contribution in [0.15, 0.2) is 29.1 Å². The van der Waals surface area contributed by atoms with Gasteiger partial charge in [0.1, 0.15) is 11.8 Å². The van der Waals surface area contributed by atoms with Crippen molar-refractivity contribution < 1.29 is 9.53 Å². The predicted octanol–water partition coefficient (Wildman–Crippen LogP) is 1.52. The van der Waals surface area contributed by atoms with Gasteiger partial charge in [0.05, 0.1) is 34.9 Å². The lowest BCUT2D eigenvalue weighted by molar-refractivity contribution is -0.112. The summed E-state index contributed by atoms with van der Waals surface area (Å²) in [7, 11) is 0. The first-order chi connectivity index (χ1) is 11.6. The Bertz CT molecular complexity index is 664. The molecule has 1 saturated carbocycles. The highest BCUT2D eigenvalue weighted by atomic mass is 35.5. The molecule has 0 radical (unpaired) electrons. The standard InChI is InChI=1S/C16H20ClN5O2/c17-13(14(18)9-1-2-9)15(19)16(23)22-10-3-4-11(21-7-10)12-8-20-5-6-24-12/h3-4,7,9,12,18,20H,1-2,5-6,8,19H2,(H,22,23)/b15-13+,18-14?. The van der Waals surface area contributed by atoms with Crippen LogP contribution in [0.2, 0.25) is 0 Å². The number of halogens is 1. The molecule has 0 aromatic carbocycles. The first-order valence-electron chi connectivity index (χ1n) is 7.90. The Labute approximate surface area is 145 Å². The number of carbonyl (C=O) groups excluding carboxylic acids is 1. The van der Waals surface area contributed by atoms with Crippen LogP contribution in [0.5, 0.6) is 0 Å². The largest absolute Gasteiger partial charge is 0.393 e. The fourth-order valence-electron chi connectivity index (χ4n) is 2.42. The molecule has 2 aliphatic rings. The molecule has 1 saturated heterocycles. The van der Waals surface area contributed by atoms with E-state index < -0.39 is 5.91 Å². The third kappa shape index (κ3) is 3.92. The summed E-state index contributed by atoms with van der Waals surface area (Å²) in [5.41, 5.74) is 7.18. The highest BCUT2D eigenvalue weighted by Gasteiger charge is 2.30. The highest BCUT2D eigenvalue weighted by molar-refractivity contribution is 6.45. The number of carbonyl (C=O) groups is 1. The molecule has 3 rings (SSSR count). The molecule has 1 unspecified atom stereocenters. The van der Waals surface area contributed by atoms with Crippen LogP contribution in [0.3, 0.4) is 0 Å². The van der Waals surface area contributed by atoms with Crippen molar-refractivity contribution in [3.05, 3.63) is 34.8 Å². The minimum absolute atomic E-state index is 0.0289. The van der Waals surface area contributed by atoms with Gasteiger partial charge in [-0.3, -0.25) is 9.78 Å². The zero-order valence-corrected chi connectivity index (χ0v) is 13.9. The molecule has 1 aromatic heterocycles. The Balaban J connectivity index is 1.63. The number of amides is 1. The van der Waals surface area contributed by atoms with Crippen LogP contribution in [-0.4, -0.2) is 36.3 Å². The molecular weight excluding hydrogens is 330 g/mol.